The van der Waals surface area contributed by atoms with Gasteiger partial charge >= 0.3 is 0 Å². The van der Waals surface area contributed by atoms with Crippen molar-refractivity contribution in [2.75, 3.05) is 20.1 Å². The van der Waals surface area contributed by atoms with Gasteiger partial charge in [-0.15, -0.1) is 11.3 Å². The normalized spacial score (nSPS) is 21.6. The van der Waals surface area contributed by atoms with Crippen LogP contribution in [0.1, 0.15) is 24.1 Å². The summed E-state index contributed by atoms with van der Waals surface area (Å²) in [6, 6.07) is 2.91. The number of rotatable bonds is 4. The average Bonchev–Trinajstić information content (AvgIpc) is 2.65. The second kappa shape index (κ2) is 6.15. The molecule has 0 radical (unpaired) electrons. The van der Waals surface area contributed by atoms with Crippen molar-refractivity contribution in [3.05, 3.63) is 20.8 Å². The number of halogens is 1. The van der Waals surface area contributed by atoms with E-state index in [1.54, 1.807) is 0 Å². The molecule has 0 bridgehead atoms. The Morgan fingerprint density at radius 1 is 1.56 bits per heavy atom. The van der Waals surface area contributed by atoms with E-state index in [-0.39, 0.29) is 0 Å². The maximum atomic E-state index is 3.59. The van der Waals surface area contributed by atoms with E-state index in [2.05, 4.69) is 44.6 Å². The first kappa shape index (κ1) is 12.6. The maximum Gasteiger partial charge on any atom is 0.0325 e. The summed E-state index contributed by atoms with van der Waals surface area (Å²) in [7, 11) is 2.21. The molecule has 1 aromatic rings. The standard InChI is InChI=1S/C12H19BrN2S/c1-15(7-11-4-2-3-5-14-11)8-12-6-10(13)9-16-12/h6,9,11,14H,2-5,7-8H2,1H3. The molecule has 0 saturated carbocycles. The molecule has 90 valence electrons. The van der Waals surface area contributed by atoms with E-state index >= 15 is 0 Å². The van der Waals surface area contributed by atoms with Crippen molar-refractivity contribution >= 4 is 27.3 Å². The minimum atomic E-state index is 0.696. The Morgan fingerprint density at radius 3 is 3.06 bits per heavy atom. The van der Waals surface area contributed by atoms with Gasteiger partial charge in [0.25, 0.3) is 0 Å². The van der Waals surface area contributed by atoms with Crippen LogP contribution < -0.4 is 5.32 Å². The van der Waals surface area contributed by atoms with Crippen LogP contribution in [0, 0.1) is 0 Å². The van der Waals surface area contributed by atoms with Gasteiger partial charge < -0.3 is 5.32 Å². The highest BCUT2D eigenvalue weighted by molar-refractivity contribution is 9.10. The largest absolute Gasteiger partial charge is 0.313 e. The monoisotopic (exact) mass is 302 g/mol. The van der Waals surface area contributed by atoms with E-state index in [1.807, 2.05) is 11.3 Å². The Balaban J connectivity index is 1.77. The van der Waals surface area contributed by atoms with Gasteiger partial charge in [-0.1, -0.05) is 6.42 Å². The minimum Gasteiger partial charge on any atom is -0.313 e. The fraction of sp³-hybridized carbons (Fsp3) is 0.667. The lowest BCUT2D eigenvalue weighted by Gasteiger charge is -2.27. The lowest BCUT2D eigenvalue weighted by molar-refractivity contribution is 0.258. The van der Waals surface area contributed by atoms with Gasteiger partial charge in [-0.3, -0.25) is 4.90 Å². The Morgan fingerprint density at radius 2 is 2.44 bits per heavy atom. The van der Waals surface area contributed by atoms with Crippen molar-refractivity contribution in [2.24, 2.45) is 0 Å². The topological polar surface area (TPSA) is 15.3 Å². The first-order valence-corrected chi connectivity index (χ1v) is 7.56. The molecule has 2 rings (SSSR count). The van der Waals surface area contributed by atoms with Gasteiger partial charge in [0.1, 0.15) is 0 Å². The summed E-state index contributed by atoms with van der Waals surface area (Å²) in [5, 5.41) is 5.75. The minimum absolute atomic E-state index is 0.696. The van der Waals surface area contributed by atoms with Crippen LogP contribution in [0.4, 0.5) is 0 Å². The smallest absolute Gasteiger partial charge is 0.0325 e. The predicted molar refractivity (Wildman–Crippen MR) is 74.0 cm³/mol. The molecule has 1 aromatic heterocycles. The van der Waals surface area contributed by atoms with Crippen molar-refractivity contribution in [2.45, 2.75) is 31.8 Å². The fourth-order valence-corrected chi connectivity index (χ4v) is 3.75. The molecule has 1 aliphatic heterocycles. The average molecular weight is 303 g/mol. The summed E-state index contributed by atoms with van der Waals surface area (Å²) < 4.78 is 1.21. The molecule has 0 amide bonds. The zero-order valence-electron chi connectivity index (χ0n) is 9.71. The summed E-state index contributed by atoms with van der Waals surface area (Å²) in [6.07, 6.45) is 4.06. The van der Waals surface area contributed by atoms with E-state index in [1.165, 1.54) is 35.2 Å². The molecule has 16 heavy (non-hydrogen) atoms. The Bertz CT molecular complexity index is 321. The molecule has 1 aliphatic rings. The molecule has 0 aliphatic carbocycles. The summed E-state index contributed by atoms with van der Waals surface area (Å²) in [6.45, 7) is 3.42. The van der Waals surface area contributed by atoms with Crippen LogP contribution >= 0.6 is 27.3 Å². The highest BCUT2D eigenvalue weighted by Gasteiger charge is 2.14. The van der Waals surface area contributed by atoms with Gasteiger partial charge in [0.05, 0.1) is 0 Å². The molecule has 2 heterocycles. The Labute approximate surface area is 110 Å². The Kier molecular flexibility index (Phi) is 4.82. The maximum absolute atomic E-state index is 3.59. The third-order valence-corrected chi connectivity index (χ3v) is 4.67. The molecule has 1 fully saturated rings. The second-order valence-electron chi connectivity index (χ2n) is 4.57. The molecule has 1 saturated heterocycles. The SMILES string of the molecule is CN(Cc1cc(Br)cs1)CC1CCCCN1. The van der Waals surface area contributed by atoms with Gasteiger partial charge in [0, 0.05) is 33.9 Å². The van der Waals surface area contributed by atoms with E-state index in [4.69, 9.17) is 0 Å². The van der Waals surface area contributed by atoms with E-state index in [9.17, 15) is 0 Å². The summed E-state index contributed by atoms with van der Waals surface area (Å²) in [5.41, 5.74) is 0. The predicted octanol–water partition coefficient (Wildman–Crippen LogP) is 3.08. The molecular weight excluding hydrogens is 284 g/mol. The molecule has 1 unspecified atom stereocenters. The molecular formula is C12H19BrN2S. The number of nitrogens with zero attached hydrogens (tertiary/aromatic N) is 1. The highest BCUT2D eigenvalue weighted by atomic mass is 79.9. The van der Waals surface area contributed by atoms with Gasteiger partial charge in [0.15, 0.2) is 0 Å². The van der Waals surface area contributed by atoms with Gasteiger partial charge in [-0.05, 0) is 48.4 Å². The van der Waals surface area contributed by atoms with Crippen molar-refractivity contribution in [3.8, 4) is 0 Å². The summed E-state index contributed by atoms with van der Waals surface area (Å²) in [5.74, 6) is 0. The van der Waals surface area contributed by atoms with Gasteiger partial charge in [0.2, 0.25) is 0 Å². The molecule has 0 spiro atoms. The van der Waals surface area contributed by atoms with Crippen LogP contribution in [0.25, 0.3) is 0 Å². The molecule has 1 atom stereocenters. The van der Waals surface area contributed by atoms with Crippen LogP contribution in [0.5, 0.6) is 0 Å². The second-order valence-corrected chi connectivity index (χ2v) is 6.49. The molecule has 0 aromatic carbocycles. The van der Waals surface area contributed by atoms with E-state index < -0.39 is 0 Å². The van der Waals surface area contributed by atoms with E-state index in [0.29, 0.717) is 6.04 Å². The van der Waals surface area contributed by atoms with Gasteiger partial charge in [-0.2, -0.15) is 0 Å². The number of piperidine rings is 1. The van der Waals surface area contributed by atoms with Crippen molar-refractivity contribution in [1.82, 2.24) is 10.2 Å². The summed E-state index contributed by atoms with van der Waals surface area (Å²) >= 11 is 5.33. The number of hydrogen-bond acceptors (Lipinski definition) is 3. The Hall–Kier alpha value is 0.1000. The van der Waals surface area contributed by atoms with Crippen molar-refractivity contribution < 1.29 is 0 Å². The first-order chi connectivity index (χ1) is 7.74. The van der Waals surface area contributed by atoms with Crippen LogP contribution in [-0.4, -0.2) is 31.1 Å². The number of likely N-dealkylation sites (N-methyl/N-ethyl adjacent to an activating group) is 1. The lowest BCUT2D eigenvalue weighted by atomic mass is 10.0. The van der Waals surface area contributed by atoms with Crippen LogP contribution in [0.2, 0.25) is 0 Å². The zero-order valence-corrected chi connectivity index (χ0v) is 12.1. The molecule has 2 nitrogen and oxygen atoms in total. The number of hydrogen-bond donors (Lipinski definition) is 1. The fourth-order valence-electron chi connectivity index (χ4n) is 2.22. The third-order valence-electron chi connectivity index (χ3n) is 2.99. The molecule has 4 heteroatoms. The lowest BCUT2D eigenvalue weighted by Crippen LogP contribution is -2.42. The first-order valence-electron chi connectivity index (χ1n) is 5.89. The molecule has 1 N–H and O–H groups in total. The van der Waals surface area contributed by atoms with Crippen molar-refractivity contribution in [1.29, 1.82) is 0 Å². The van der Waals surface area contributed by atoms with Crippen LogP contribution in [0.15, 0.2) is 15.9 Å². The third kappa shape index (κ3) is 3.84. The zero-order chi connectivity index (χ0) is 11.4. The van der Waals surface area contributed by atoms with Gasteiger partial charge in [-0.25, -0.2) is 0 Å². The number of nitrogens with one attached hydrogen (secondary N) is 1. The summed E-state index contributed by atoms with van der Waals surface area (Å²) in [4.78, 5) is 3.85. The van der Waals surface area contributed by atoms with Crippen molar-refractivity contribution in [3.63, 3.8) is 0 Å². The quantitative estimate of drug-likeness (QED) is 0.919. The number of thiophene rings is 1. The van der Waals surface area contributed by atoms with E-state index in [0.717, 1.165) is 13.1 Å². The van der Waals surface area contributed by atoms with Crippen LogP contribution in [-0.2, 0) is 6.54 Å². The van der Waals surface area contributed by atoms with Crippen LogP contribution in [0.3, 0.4) is 0 Å². The highest BCUT2D eigenvalue weighted by Crippen LogP contribution is 2.21.